The zero-order valence-electron chi connectivity index (χ0n) is 15.5. The maximum Gasteiger partial charge on any atom is 0.291 e. The van der Waals surface area contributed by atoms with E-state index in [0.717, 1.165) is 5.56 Å². The summed E-state index contributed by atoms with van der Waals surface area (Å²) in [6.07, 6.45) is 1.42. The summed E-state index contributed by atoms with van der Waals surface area (Å²) in [6.45, 7) is 2.11. The summed E-state index contributed by atoms with van der Waals surface area (Å²) in [5.41, 5.74) is 2.28. The van der Waals surface area contributed by atoms with Crippen LogP contribution in [-0.4, -0.2) is 15.5 Å². The van der Waals surface area contributed by atoms with Gasteiger partial charge in [-0.25, -0.2) is 4.98 Å². The number of hydrogen-bond acceptors (Lipinski definition) is 5. The number of aryl methyl sites for hydroxylation is 1. The topological polar surface area (TPSA) is 101 Å². The molecule has 4 rings (SSSR count). The number of carbonyl (C=O) groups is 1. The van der Waals surface area contributed by atoms with E-state index in [1.807, 2.05) is 12.1 Å². The number of anilines is 1. The molecular formula is C22H16N4O3. The SMILES string of the molecule is Cc1nc2ccc(NC(=O)c3ccco3)cc2c(=O)n1Cc1ccc(C#N)cc1. The Labute approximate surface area is 165 Å². The van der Waals surface area contributed by atoms with E-state index in [1.54, 1.807) is 54.0 Å². The van der Waals surface area contributed by atoms with Gasteiger partial charge >= 0.3 is 0 Å². The zero-order chi connectivity index (χ0) is 20.4. The average molecular weight is 384 g/mol. The number of furan rings is 1. The van der Waals surface area contributed by atoms with Crippen LogP contribution >= 0.6 is 0 Å². The fourth-order valence-electron chi connectivity index (χ4n) is 3.06. The van der Waals surface area contributed by atoms with Gasteiger partial charge in [-0.2, -0.15) is 5.26 Å². The zero-order valence-corrected chi connectivity index (χ0v) is 15.5. The minimum atomic E-state index is -0.396. The first kappa shape index (κ1) is 18.2. The second kappa shape index (κ2) is 7.44. The summed E-state index contributed by atoms with van der Waals surface area (Å²) in [6, 6.07) is 17.3. The Bertz CT molecular complexity index is 1300. The maximum atomic E-state index is 13.1. The molecule has 0 radical (unpaired) electrons. The van der Waals surface area contributed by atoms with Crippen molar-refractivity contribution in [1.82, 2.24) is 9.55 Å². The van der Waals surface area contributed by atoms with E-state index in [4.69, 9.17) is 9.68 Å². The number of rotatable bonds is 4. The first-order chi connectivity index (χ1) is 14.0. The quantitative estimate of drug-likeness (QED) is 0.581. The number of benzene rings is 2. The van der Waals surface area contributed by atoms with Crippen LogP contribution in [0, 0.1) is 18.3 Å². The third-order valence-electron chi connectivity index (χ3n) is 4.57. The number of nitrogens with zero attached hydrogens (tertiary/aromatic N) is 3. The molecular weight excluding hydrogens is 368 g/mol. The molecule has 0 atom stereocenters. The molecule has 0 saturated heterocycles. The molecule has 4 aromatic rings. The van der Waals surface area contributed by atoms with Crippen molar-refractivity contribution in [3.63, 3.8) is 0 Å². The predicted molar refractivity (Wildman–Crippen MR) is 108 cm³/mol. The number of hydrogen-bond donors (Lipinski definition) is 1. The highest BCUT2D eigenvalue weighted by atomic mass is 16.3. The highest BCUT2D eigenvalue weighted by Crippen LogP contribution is 2.17. The van der Waals surface area contributed by atoms with Crippen molar-refractivity contribution in [2.24, 2.45) is 0 Å². The Hall–Kier alpha value is -4.18. The second-order valence-electron chi connectivity index (χ2n) is 6.52. The van der Waals surface area contributed by atoms with E-state index in [1.165, 1.54) is 6.26 Å². The van der Waals surface area contributed by atoms with E-state index in [0.29, 0.717) is 34.5 Å². The van der Waals surface area contributed by atoms with E-state index >= 15 is 0 Å². The molecule has 2 aromatic carbocycles. The molecule has 0 saturated carbocycles. The van der Waals surface area contributed by atoms with E-state index in [2.05, 4.69) is 16.4 Å². The van der Waals surface area contributed by atoms with Gasteiger partial charge in [0.05, 0.1) is 35.3 Å². The minimum Gasteiger partial charge on any atom is -0.459 e. The summed E-state index contributed by atoms with van der Waals surface area (Å²) >= 11 is 0. The number of fused-ring (bicyclic) bond motifs is 1. The molecule has 2 aromatic heterocycles. The molecule has 0 aliphatic rings. The molecule has 29 heavy (non-hydrogen) atoms. The highest BCUT2D eigenvalue weighted by molar-refractivity contribution is 6.03. The van der Waals surface area contributed by atoms with E-state index < -0.39 is 5.91 Å². The van der Waals surface area contributed by atoms with Gasteiger partial charge in [0.25, 0.3) is 11.5 Å². The third kappa shape index (κ3) is 3.64. The Kier molecular flexibility index (Phi) is 4.67. The molecule has 0 unspecified atom stereocenters. The molecule has 7 heteroatoms. The lowest BCUT2D eigenvalue weighted by molar-refractivity contribution is 0.0996. The van der Waals surface area contributed by atoms with Gasteiger partial charge in [0, 0.05) is 5.69 Å². The van der Waals surface area contributed by atoms with Crippen molar-refractivity contribution in [3.8, 4) is 6.07 Å². The molecule has 1 N–H and O–H groups in total. The highest BCUT2D eigenvalue weighted by Gasteiger charge is 2.12. The lowest BCUT2D eigenvalue weighted by atomic mass is 10.1. The van der Waals surface area contributed by atoms with Crippen LogP contribution in [0.15, 0.2) is 70.1 Å². The van der Waals surface area contributed by atoms with E-state index in [9.17, 15) is 9.59 Å². The Morgan fingerprint density at radius 1 is 1.21 bits per heavy atom. The molecule has 0 spiro atoms. The lowest BCUT2D eigenvalue weighted by Crippen LogP contribution is -2.24. The monoisotopic (exact) mass is 384 g/mol. The van der Waals surface area contributed by atoms with Gasteiger partial charge in [0.15, 0.2) is 5.76 Å². The Morgan fingerprint density at radius 2 is 2.00 bits per heavy atom. The minimum absolute atomic E-state index is 0.186. The van der Waals surface area contributed by atoms with Crippen molar-refractivity contribution in [3.05, 3.63) is 93.9 Å². The molecule has 0 fully saturated rings. The van der Waals surface area contributed by atoms with Crippen LogP contribution in [0.4, 0.5) is 5.69 Å². The van der Waals surface area contributed by atoms with Gasteiger partial charge in [-0.05, 0) is 55.0 Å². The molecule has 2 heterocycles. The van der Waals surface area contributed by atoms with Gasteiger partial charge in [0.2, 0.25) is 0 Å². The van der Waals surface area contributed by atoms with Crippen LogP contribution in [0.2, 0.25) is 0 Å². The van der Waals surface area contributed by atoms with Gasteiger partial charge in [-0.15, -0.1) is 0 Å². The smallest absolute Gasteiger partial charge is 0.291 e. The number of carbonyl (C=O) groups excluding carboxylic acids is 1. The van der Waals surface area contributed by atoms with Crippen molar-refractivity contribution >= 4 is 22.5 Å². The molecule has 0 aliphatic carbocycles. The third-order valence-corrected chi connectivity index (χ3v) is 4.57. The van der Waals surface area contributed by atoms with Gasteiger partial charge in [0.1, 0.15) is 5.82 Å². The van der Waals surface area contributed by atoms with Crippen molar-refractivity contribution in [2.75, 3.05) is 5.32 Å². The van der Waals surface area contributed by atoms with Crippen molar-refractivity contribution in [1.29, 1.82) is 5.26 Å². The normalized spacial score (nSPS) is 10.6. The van der Waals surface area contributed by atoms with Crippen molar-refractivity contribution in [2.45, 2.75) is 13.5 Å². The molecule has 142 valence electrons. The molecule has 0 aliphatic heterocycles. The van der Waals surface area contributed by atoms with Crippen LogP contribution in [0.1, 0.15) is 27.5 Å². The fourth-order valence-corrected chi connectivity index (χ4v) is 3.06. The average Bonchev–Trinajstić information content (AvgIpc) is 3.27. The van der Waals surface area contributed by atoms with Gasteiger partial charge < -0.3 is 9.73 Å². The lowest BCUT2D eigenvalue weighted by Gasteiger charge is -2.12. The largest absolute Gasteiger partial charge is 0.459 e. The number of nitrogens with one attached hydrogen (secondary N) is 1. The summed E-state index contributed by atoms with van der Waals surface area (Å²) in [5, 5.41) is 12.0. The summed E-state index contributed by atoms with van der Waals surface area (Å²) < 4.78 is 6.66. The van der Waals surface area contributed by atoms with Gasteiger partial charge in [-0.1, -0.05) is 12.1 Å². The van der Waals surface area contributed by atoms with Crippen LogP contribution in [0.3, 0.4) is 0 Å². The molecule has 1 amide bonds. The standard InChI is InChI=1S/C22H16N4O3/c1-14-24-19-9-8-17(25-21(27)20-3-2-10-29-20)11-18(19)22(28)26(14)13-16-6-4-15(12-23)5-7-16/h2-11H,13H2,1H3,(H,25,27). The first-order valence-corrected chi connectivity index (χ1v) is 8.90. The number of aromatic nitrogens is 2. The summed E-state index contributed by atoms with van der Waals surface area (Å²) in [4.78, 5) is 29.8. The summed E-state index contributed by atoms with van der Waals surface area (Å²) in [7, 11) is 0. The van der Waals surface area contributed by atoms with Crippen LogP contribution < -0.4 is 10.9 Å². The number of amides is 1. The first-order valence-electron chi connectivity index (χ1n) is 8.90. The summed E-state index contributed by atoms with van der Waals surface area (Å²) in [5.74, 6) is 0.372. The number of nitriles is 1. The van der Waals surface area contributed by atoms with E-state index in [-0.39, 0.29) is 11.3 Å². The van der Waals surface area contributed by atoms with Crippen LogP contribution in [-0.2, 0) is 6.54 Å². The van der Waals surface area contributed by atoms with Crippen molar-refractivity contribution < 1.29 is 9.21 Å². The fraction of sp³-hybridized carbons (Fsp3) is 0.0909. The molecule has 0 bridgehead atoms. The maximum absolute atomic E-state index is 13.1. The molecule has 7 nitrogen and oxygen atoms in total. The Balaban J connectivity index is 1.69. The van der Waals surface area contributed by atoms with Crippen LogP contribution in [0.5, 0.6) is 0 Å². The van der Waals surface area contributed by atoms with Crippen LogP contribution in [0.25, 0.3) is 10.9 Å². The Morgan fingerprint density at radius 3 is 2.69 bits per heavy atom. The van der Waals surface area contributed by atoms with Gasteiger partial charge in [-0.3, -0.25) is 14.2 Å². The predicted octanol–water partition coefficient (Wildman–Crippen LogP) is 3.47. The second-order valence-corrected chi connectivity index (χ2v) is 6.52.